The number of aryl methyl sites for hydroxylation is 2. The monoisotopic (exact) mass is 206 g/mol. The summed E-state index contributed by atoms with van der Waals surface area (Å²) in [6.07, 6.45) is 6.73. The van der Waals surface area contributed by atoms with Crippen molar-refractivity contribution in [3.05, 3.63) is 17.0 Å². The summed E-state index contributed by atoms with van der Waals surface area (Å²) in [4.78, 5) is 0. The van der Waals surface area contributed by atoms with Crippen molar-refractivity contribution in [2.45, 2.75) is 32.7 Å². The van der Waals surface area contributed by atoms with Crippen LogP contribution in [0.5, 0.6) is 0 Å². The van der Waals surface area contributed by atoms with Crippen LogP contribution in [0.1, 0.15) is 23.4 Å². The number of hydrazine groups is 1. The molecule has 4 nitrogen and oxygen atoms in total. The van der Waals surface area contributed by atoms with Gasteiger partial charge < -0.3 is 0 Å². The van der Waals surface area contributed by atoms with Gasteiger partial charge in [-0.05, 0) is 25.8 Å². The van der Waals surface area contributed by atoms with Gasteiger partial charge in [-0.1, -0.05) is 0 Å². The molecule has 0 radical (unpaired) electrons. The second-order valence-electron chi connectivity index (χ2n) is 3.75. The maximum absolute atomic E-state index is 5.44. The standard InChI is InChI=1S/C11H18N4/c1-5-6-10(13-12)7-11-8(2)14-15(4)9(11)3/h1,10,13H,6-7,12H2,2-4H3. The van der Waals surface area contributed by atoms with E-state index in [1.807, 2.05) is 18.7 Å². The molecule has 0 fully saturated rings. The molecule has 82 valence electrons. The van der Waals surface area contributed by atoms with E-state index in [9.17, 15) is 0 Å². The second kappa shape index (κ2) is 4.96. The molecule has 0 aromatic carbocycles. The maximum atomic E-state index is 5.44. The number of hydrogen-bond acceptors (Lipinski definition) is 3. The third-order valence-electron chi connectivity index (χ3n) is 2.71. The number of nitrogens with two attached hydrogens (primary N) is 1. The highest BCUT2D eigenvalue weighted by Gasteiger charge is 2.14. The topological polar surface area (TPSA) is 55.9 Å². The lowest BCUT2D eigenvalue weighted by molar-refractivity contribution is 0.534. The zero-order valence-electron chi connectivity index (χ0n) is 9.54. The first-order valence-electron chi connectivity index (χ1n) is 4.98. The molecule has 1 rings (SSSR count). The lowest BCUT2D eigenvalue weighted by Crippen LogP contribution is -2.36. The van der Waals surface area contributed by atoms with Crippen molar-refractivity contribution in [3.8, 4) is 12.3 Å². The Hall–Kier alpha value is -1.31. The Morgan fingerprint density at radius 2 is 2.27 bits per heavy atom. The van der Waals surface area contributed by atoms with E-state index >= 15 is 0 Å². The van der Waals surface area contributed by atoms with Crippen molar-refractivity contribution in [3.63, 3.8) is 0 Å². The molecule has 0 aliphatic heterocycles. The summed E-state index contributed by atoms with van der Waals surface area (Å²) in [5, 5.41) is 4.35. The molecule has 1 aromatic heterocycles. The fourth-order valence-corrected chi connectivity index (χ4v) is 1.69. The van der Waals surface area contributed by atoms with Crippen LogP contribution in [0.25, 0.3) is 0 Å². The fourth-order valence-electron chi connectivity index (χ4n) is 1.69. The van der Waals surface area contributed by atoms with E-state index in [0.717, 1.165) is 12.1 Å². The molecule has 0 saturated heterocycles. The second-order valence-corrected chi connectivity index (χ2v) is 3.75. The van der Waals surface area contributed by atoms with E-state index in [-0.39, 0.29) is 6.04 Å². The van der Waals surface area contributed by atoms with Crippen LogP contribution >= 0.6 is 0 Å². The molecule has 0 aliphatic carbocycles. The number of terminal acetylenes is 1. The van der Waals surface area contributed by atoms with Gasteiger partial charge in [0.25, 0.3) is 0 Å². The number of nitrogens with zero attached hydrogens (tertiary/aromatic N) is 2. The van der Waals surface area contributed by atoms with Gasteiger partial charge in [0.05, 0.1) is 5.69 Å². The minimum atomic E-state index is 0.122. The average molecular weight is 206 g/mol. The summed E-state index contributed by atoms with van der Waals surface area (Å²) in [6, 6.07) is 0.122. The summed E-state index contributed by atoms with van der Waals surface area (Å²) in [6.45, 7) is 4.06. The van der Waals surface area contributed by atoms with Gasteiger partial charge in [-0.15, -0.1) is 12.3 Å². The van der Waals surface area contributed by atoms with Crippen molar-refractivity contribution < 1.29 is 0 Å². The summed E-state index contributed by atoms with van der Waals surface area (Å²) in [7, 11) is 1.94. The molecule has 0 aliphatic rings. The van der Waals surface area contributed by atoms with Crippen LogP contribution in [-0.2, 0) is 13.5 Å². The van der Waals surface area contributed by atoms with E-state index in [4.69, 9.17) is 12.3 Å². The third-order valence-corrected chi connectivity index (χ3v) is 2.71. The molecular formula is C11H18N4. The van der Waals surface area contributed by atoms with E-state index in [1.165, 1.54) is 11.3 Å². The molecule has 1 heterocycles. The first-order chi connectivity index (χ1) is 7.10. The van der Waals surface area contributed by atoms with Crippen LogP contribution in [0.2, 0.25) is 0 Å². The predicted octanol–water partition coefficient (Wildman–Crippen LogP) is 0.435. The largest absolute Gasteiger partial charge is 0.272 e. The number of nitrogens with one attached hydrogen (secondary N) is 1. The number of hydrogen-bond donors (Lipinski definition) is 2. The molecule has 15 heavy (non-hydrogen) atoms. The summed E-state index contributed by atoms with van der Waals surface area (Å²) < 4.78 is 1.88. The molecule has 1 aromatic rings. The van der Waals surface area contributed by atoms with Gasteiger partial charge in [-0.3, -0.25) is 16.0 Å². The van der Waals surface area contributed by atoms with Gasteiger partial charge >= 0.3 is 0 Å². The van der Waals surface area contributed by atoms with E-state index in [1.54, 1.807) is 0 Å². The Kier molecular flexibility index (Phi) is 3.89. The van der Waals surface area contributed by atoms with Gasteiger partial charge in [0.2, 0.25) is 0 Å². The molecule has 0 spiro atoms. The van der Waals surface area contributed by atoms with Crippen LogP contribution < -0.4 is 11.3 Å². The van der Waals surface area contributed by atoms with E-state index in [0.29, 0.717) is 6.42 Å². The zero-order valence-corrected chi connectivity index (χ0v) is 9.54. The first kappa shape index (κ1) is 11.8. The van der Waals surface area contributed by atoms with Gasteiger partial charge in [0, 0.05) is 25.2 Å². The van der Waals surface area contributed by atoms with Crippen molar-refractivity contribution >= 4 is 0 Å². The summed E-state index contributed by atoms with van der Waals surface area (Å²) >= 11 is 0. The van der Waals surface area contributed by atoms with Crippen LogP contribution in [-0.4, -0.2) is 15.8 Å². The lowest BCUT2D eigenvalue weighted by Gasteiger charge is -2.12. The normalized spacial score (nSPS) is 12.5. The predicted molar refractivity (Wildman–Crippen MR) is 60.9 cm³/mol. The van der Waals surface area contributed by atoms with Gasteiger partial charge in [0.15, 0.2) is 0 Å². The van der Waals surface area contributed by atoms with E-state index < -0.39 is 0 Å². The Morgan fingerprint density at radius 3 is 2.67 bits per heavy atom. The molecule has 1 unspecified atom stereocenters. The Bertz CT molecular complexity index is 373. The van der Waals surface area contributed by atoms with Crippen molar-refractivity contribution in [2.24, 2.45) is 12.9 Å². The summed E-state index contributed by atoms with van der Waals surface area (Å²) in [5.74, 6) is 8.06. The Balaban J connectivity index is 2.83. The maximum Gasteiger partial charge on any atom is 0.0628 e. The number of rotatable bonds is 4. The van der Waals surface area contributed by atoms with Crippen molar-refractivity contribution in [2.75, 3.05) is 0 Å². The molecule has 0 amide bonds. The van der Waals surface area contributed by atoms with Gasteiger partial charge in [0.1, 0.15) is 0 Å². The molecule has 0 bridgehead atoms. The lowest BCUT2D eigenvalue weighted by atomic mass is 10.0. The molecule has 4 heteroatoms. The fraction of sp³-hybridized carbons (Fsp3) is 0.545. The molecule has 1 atom stereocenters. The molecular weight excluding hydrogens is 188 g/mol. The van der Waals surface area contributed by atoms with Crippen LogP contribution in [0.3, 0.4) is 0 Å². The molecule has 0 saturated carbocycles. The van der Waals surface area contributed by atoms with Crippen LogP contribution in [0.15, 0.2) is 0 Å². The molecule has 3 N–H and O–H groups in total. The smallest absolute Gasteiger partial charge is 0.0628 e. The highest BCUT2D eigenvalue weighted by molar-refractivity contribution is 5.25. The average Bonchev–Trinajstić information content (AvgIpc) is 2.44. The summed E-state index contributed by atoms with van der Waals surface area (Å²) in [5.41, 5.74) is 6.19. The Morgan fingerprint density at radius 1 is 1.60 bits per heavy atom. The van der Waals surface area contributed by atoms with Crippen molar-refractivity contribution in [1.29, 1.82) is 0 Å². The minimum absolute atomic E-state index is 0.122. The first-order valence-corrected chi connectivity index (χ1v) is 4.98. The van der Waals surface area contributed by atoms with Crippen LogP contribution in [0.4, 0.5) is 0 Å². The van der Waals surface area contributed by atoms with E-state index in [2.05, 4.69) is 23.4 Å². The van der Waals surface area contributed by atoms with Crippen molar-refractivity contribution in [1.82, 2.24) is 15.2 Å². The quantitative estimate of drug-likeness (QED) is 0.427. The highest BCUT2D eigenvalue weighted by atomic mass is 15.3. The minimum Gasteiger partial charge on any atom is -0.272 e. The SMILES string of the molecule is C#CCC(Cc1c(C)nn(C)c1C)NN. The van der Waals surface area contributed by atoms with Crippen LogP contribution in [0, 0.1) is 26.2 Å². The van der Waals surface area contributed by atoms with Gasteiger partial charge in [-0.25, -0.2) is 0 Å². The number of aromatic nitrogens is 2. The van der Waals surface area contributed by atoms with Gasteiger partial charge in [-0.2, -0.15) is 5.10 Å². The Labute approximate surface area is 90.8 Å². The third kappa shape index (κ3) is 2.58. The highest BCUT2D eigenvalue weighted by Crippen LogP contribution is 2.14. The zero-order chi connectivity index (χ0) is 11.4.